The molecule has 0 spiro atoms. The van der Waals surface area contributed by atoms with Gasteiger partial charge >= 0.3 is 0 Å². The molecule has 1 aliphatic rings. The average Bonchev–Trinajstić information content (AvgIpc) is 3.02. The van der Waals surface area contributed by atoms with Gasteiger partial charge in [-0.3, -0.25) is 19.3 Å². The summed E-state index contributed by atoms with van der Waals surface area (Å²) in [6.07, 6.45) is 2.84. The van der Waals surface area contributed by atoms with E-state index < -0.39 is 21.8 Å². The first kappa shape index (κ1) is 19.6. The Kier molecular flexibility index (Phi) is 4.73. The van der Waals surface area contributed by atoms with Crippen LogP contribution in [0.25, 0.3) is 4.85 Å². The number of nitrogens with one attached hydrogen (secondary N) is 1. The molecular formula is C20H11ClN4O4S. The molecule has 0 atom stereocenters. The number of anilines is 2. The summed E-state index contributed by atoms with van der Waals surface area (Å²) >= 11 is 6.16. The van der Waals surface area contributed by atoms with Crippen molar-refractivity contribution in [3.8, 4) is 0 Å². The highest BCUT2D eigenvalue weighted by Crippen LogP contribution is 2.37. The van der Waals surface area contributed by atoms with Crippen molar-refractivity contribution < 1.29 is 18.0 Å². The Morgan fingerprint density at radius 3 is 2.33 bits per heavy atom. The van der Waals surface area contributed by atoms with Crippen LogP contribution in [-0.2, 0) is 10.0 Å². The summed E-state index contributed by atoms with van der Waals surface area (Å²) in [7, 11) is -4.09. The average molecular weight is 439 g/mol. The van der Waals surface area contributed by atoms with Crippen LogP contribution in [-0.4, -0.2) is 25.2 Å². The van der Waals surface area contributed by atoms with E-state index in [0.29, 0.717) is 0 Å². The zero-order chi connectivity index (χ0) is 21.5. The number of hydrogen-bond acceptors (Lipinski definition) is 5. The fraction of sp³-hybridized carbons (Fsp3) is 0. The van der Waals surface area contributed by atoms with Gasteiger partial charge in [0.05, 0.1) is 45.2 Å². The van der Waals surface area contributed by atoms with E-state index in [4.69, 9.17) is 18.2 Å². The molecular weight excluding hydrogens is 428 g/mol. The van der Waals surface area contributed by atoms with Gasteiger partial charge < -0.3 is 0 Å². The van der Waals surface area contributed by atoms with Crippen LogP contribution < -0.4 is 9.62 Å². The molecule has 3 aromatic rings. The third-order valence-corrected chi connectivity index (χ3v) is 6.11. The smallest absolute Gasteiger partial charge is 0.268 e. The molecule has 0 unspecified atom stereocenters. The molecule has 0 fully saturated rings. The minimum Gasteiger partial charge on any atom is -0.279 e. The van der Waals surface area contributed by atoms with E-state index in [0.717, 1.165) is 4.90 Å². The molecule has 1 aliphatic heterocycles. The van der Waals surface area contributed by atoms with Crippen molar-refractivity contribution in [2.75, 3.05) is 9.62 Å². The molecule has 1 N–H and O–H groups in total. The van der Waals surface area contributed by atoms with Crippen molar-refractivity contribution in [3.63, 3.8) is 0 Å². The fourth-order valence-corrected chi connectivity index (χ4v) is 4.34. The maximum absolute atomic E-state index is 13.0. The van der Waals surface area contributed by atoms with Gasteiger partial charge in [0.15, 0.2) is 5.69 Å². The van der Waals surface area contributed by atoms with Crippen LogP contribution in [0.15, 0.2) is 65.8 Å². The van der Waals surface area contributed by atoms with Gasteiger partial charge in [-0.2, -0.15) is 0 Å². The van der Waals surface area contributed by atoms with Crippen molar-refractivity contribution in [1.29, 1.82) is 0 Å². The molecule has 10 heteroatoms. The summed E-state index contributed by atoms with van der Waals surface area (Å²) in [5.74, 6) is -1.39. The highest BCUT2D eigenvalue weighted by Gasteiger charge is 2.41. The van der Waals surface area contributed by atoms with Gasteiger partial charge in [-0.1, -0.05) is 35.9 Å². The van der Waals surface area contributed by atoms with E-state index in [1.807, 2.05) is 0 Å². The normalized spacial score (nSPS) is 13.1. The van der Waals surface area contributed by atoms with Crippen molar-refractivity contribution in [2.24, 2.45) is 0 Å². The number of fused-ring (bicyclic) bond motifs is 1. The molecule has 0 bridgehead atoms. The Morgan fingerprint density at radius 2 is 1.70 bits per heavy atom. The molecule has 2 aromatic carbocycles. The molecule has 0 saturated carbocycles. The predicted molar refractivity (Wildman–Crippen MR) is 110 cm³/mol. The SMILES string of the molecule is [C-]#[N+]c1ccc(S(=O)(=O)Nc2ccc(Cl)c3c2C(=O)N(c2cccnc2)C3=O)cc1. The van der Waals surface area contributed by atoms with Crippen LogP contribution in [0.3, 0.4) is 0 Å². The van der Waals surface area contributed by atoms with Gasteiger partial charge in [-0.05, 0) is 24.3 Å². The van der Waals surface area contributed by atoms with Gasteiger partial charge in [0, 0.05) is 6.20 Å². The van der Waals surface area contributed by atoms with Gasteiger partial charge in [0.1, 0.15) is 0 Å². The highest BCUT2D eigenvalue weighted by atomic mass is 35.5. The number of pyridine rings is 1. The maximum Gasteiger partial charge on any atom is 0.268 e. The lowest BCUT2D eigenvalue weighted by atomic mass is 10.1. The van der Waals surface area contributed by atoms with E-state index in [1.165, 1.54) is 54.9 Å². The second-order valence-electron chi connectivity index (χ2n) is 6.21. The topological polar surface area (TPSA) is 101 Å². The molecule has 0 saturated heterocycles. The third-order valence-electron chi connectivity index (χ3n) is 4.41. The number of amides is 2. The second kappa shape index (κ2) is 7.26. The summed E-state index contributed by atoms with van der Waals surface area (Å²) in [6, 6.07) is 11.1. The van der Waals surface area contributed by atoms with Crippen molar-refractivity contribution >= 4 is 50.5 Å². The molecule has 0 aliphatic carbocycles. The van der Waals surface area contributed by atoms with Crippen LogP contribution in [0.1, 0.15) is 20.7 Å². The monoisotopic (exact) mass is 438 g/mol. The zero-order valence-electron chi connectivity index (χ0n) is 15.0. The van der Waals surface area contributed by atoms with Crippen LogP contribution in [0.4, 0.5) is 17.1 Å². The largest absolute Gasteiger partial charge is 0.279 e. The Bertz CT molecular complexity index is 1330. The lowest BCUT2D eigenvalue weighted by Gasteiger charge is -2.13. The Hall–Kier alpha value is -3.74. The van der Waals surface area contributed by atoms with E-state index in [1.54, 1.807) is 6.07 Å². The summed E-state index contributed by atoms with van der Waals surface area (Å²) in [4.78, 5) is 33.8. The summed E-state index contributed by atoms with van der Waals surface area (Å²) in [5.41, 5.74) is 0.220. The molecule has 2 amide bonds. The van der Waals surface area contributed by atoms with Crippen molar-refractivity contribution in [1.82, 2.24) is 4.98 Å². The minimum atomic E-state index is -4.09. The predicted octanol–water partition coefficient (Wildman–Crippen LogP) is 3.89. The van der Waals surface area contributed by atoms with Crippen LogP contribution in [0.2, 0.25) is 5.02 Å². The minimum absolute atomic E-state index is 0.0269. The molecule has 4 rings (SSSR count). The first-order valence-electron chi connectivity index (χ1n) is 8.45. The lowest BCUT2D eigenvalue weighted by molar-refractivity contribution is 0.0926. The molecule has 8 nitrogen and oxygen atoms in total. The lowest BCUT2D eigenvalue weighted by Crippen LogP contribution is -2.29. The van der Waals surface area contributed by atoms with E-state index in [-0.39, 0.29) is 38.1 Å². The van der Waals surface area contributed by atoms with E-state index in [9.17, 15) is 18.0 Å². The van der Waals surface area contributed by atoms with Gasteiger partial charge in [-0.25, -0.2) is 18.2 Å². The highest BCUT2D eigenvalue weighted by molar-refractivity contribution is 7.92. The third kappa shape index (κ3) is 3.18. The number of carbonyl (C=O) groups is 2. The fourth-order valence-electron chi connectivity index (χ4n) is 3.03. The Labute approximate surface area is 176 Å². The number of halogens is 1. The van der Waals surface area contributed by atoms with Crippen molar-refractivity contribution in [3.05, 3.63) is 88.5 Å². The number of benzene rings is 2. The molecule has 0 radical (unpaired) electrons. The number of rotatable bonds is 4. The quantitative estimate of drug-likeness (QED) is 0.492. The number of aromatic nitrogens is 1. The van der Waals surface area contributed by atoms with E-state index in [2.05, 4.69) is 14.6 Å². The molecule has 1 aromatic heterocycles. The Balaban J connectivity index is 1.77. The molecule has 2 heterocycles. The van der Waals surface area contributed by atoms with Crippen molar-refractivity contribution in [2.45, 2.75) is 4.90 Å². The van der Waals surface area contributed by atoms with E-state index >= 15 is 0 Å². The van der Waals surface area contributed by atoms with Gasteiger partial charge in [0.25, 0.3) is 21.8 Å². The summed E-state index contributed by atoms with van der Waals surface area (Å²) in [6.45, 7) is 6.95. The van der Waals surface area contributed by atoms with Crippen LogP contribution >= 0.6 is 11.6 Å². The molecule has 148 valence electrons. The number of carbonyl (C=O) groups excluding carboxylic acids is 2. The second-order valence-corrected chi connectivity index (χ2v) is 8.30. The Morgan fingerprint density at radius 1 is 1.00 bits per heavy atom. The summed E-state index contributed by atoms with van der Waals surface area (Å²) in [5, 5.41) is 0.0269. The number of hydrogen-bond donors (Lipinski definition) is 1. The number of sulfonamides is 1. The number of imide groups is 1. The number of nitrogens with zero attached hydrogens (tertiary/aromatic N) is 3. The standard InChI is InChI=1S/C20H11ClN4O4S/c1-22-12-4-6-14(7-5-12)30(28,29)24-16-9-8-15(21)17-18(16)20(27)25(19(17)26)13-3-2-10-23-11-13/h2-11,24H. The first-order valence-corrected chi connectivity index (χ1v) is 10.3. The van der Waals surface area contributed by atoms with Gasteiger partial charge in [0.2, 0.25) is 0 Å². The van der Waals surface area contributed by atoms with Gasteiger partial charge in [-0.15, -0.1) is 0 Å². The van der Waals surface area contributed by atoms with Crippen LogP contribution in [0.5, 0.6) is 0 Å². The van der Waals surface area contributed by atoms with Crippen LogP contribution in [0, 0.1) is 6.57 Å². The zero-order valence-corrected chi connectivity index (χ0v) is 16.6. The first-order chi connectivity index (χ1) is 14.3. The maximum atomic E-state index is 13.0. The molecule has 30 heavy (non-hydrogen) atoms. The summed E-state index contributed by atoms with van der Waals surface area (Å²) < 4.78 is 27.9.